The molecule has 0 aliphatic rings. The van der Waals surface area contributed by atoms with Crippen LogP contribution in [0.2, 0.25) is 0 Å². The molecule has 0 saturated carbocycles. The Labute approximate surface area is 125 Å². The van der Waals surface area contributed by atoms with Gasteiger partial charge in [-0.05, 0) is 35.9 Å². The number of carbonyl (C=O) groups is 2. The minimum absolute atomic E-state index is 0.0837. The maximum Gasteiger partial charge on any atom is 0.265 e. The summed E-state index contributed by atoms with van der Waals surface area (Å²) in [6.45, 7) is 0. The predicted octanol–water partition coefficient (Wildman–Crippen LogP) is 0.992. The Bertz CT molecular complexity index is 756. The van der Waals surface area contributed by atoms with E-state index in [9.17, 15) is 19.8 Å². The van der Waals surface area contributed by atoms with Gasteiger partial charge in [0.1, 0.15) is 5.69 Å². The highest BCUT2D eigenvalue weighted by molar-refractivity contribution is 6.06. The number of nitrogen functional groups attached to an aromatic ring is 1. The number of pyridine rings is 1. The molecule has 0 saturated heterocycles. The number of nitrogens with two attached hydrogens (primary N) is 1. The van der Waals surface area contributed by atoms with Gasteiger partial charge in [-0.1, -0.05) is 12.1 Å². The van der Waals surface area contributed by atoms with Crippen LogP contribution in [-0.4, -0.2) is 26.9 Å². The van der Waals surface area contributed by atoms with Crippen molar-refractivity contribution < 1.29 is 19.8 Å². The third kappa shape index (κ3) is 3.47. The molecule has 0 unspecified atom stereocenters. The number of rotatable bonds is 4. The molecule has 1 aromatic carbocycles. The molecule has 0 atom stereocenters. The standard InChI is InChI=1S/C15H13N3O4/c16-18-15(22)10-5-6-17-11(8-10)12(19)3-1-9-2-4-13(20)14(21)7-9/h1-8,20-21H,16H2,(H,18,22). The van der Waals surface area contributed by atoms with E-state index < -0.39 is 11.7 Å². The number of amides is 1. The van der Waals surface area contributed by atoms with Crippen LogP contribution < -0.4 is 11.3 Å². The number of hydrazine groups is 1. The Hall–Kier alpha value is -3.19. The van der Waals surface area contributed by atoms with Gasteiger partial charge in [0.15, 0.2) is 11.5 Å². The summed E-state index contributed by atoms with van der Waals surface area (Å²) in [7, 11) is 0. The van der Waals surface area contributed by atoms with Crippen LogP contribution in [0.1, 0.15) is 26.4 Å². The summed E-state index contributed by atoms with van der Waals surface area (Å²) in [5.74, 6) is 3.56. The number of benzene rings is 1. The summed E-state index contributed by atoms with van der Waals surface area (Å²) in [6, 6.07) is 6.91. The number of aromatic hydroxyl groups is 2. The second-order valence-corrected chi connectivity index (χ2v) is 4.35. The van der Waals surface area contributed by atoms with Crippen LogP contribution in [0.3, 0.4) is 0 Å². The number of nitrogens with one attached hydrogen (secondary N) is 1. The summed E-state index contributed by atoms with van der Waals surface area (Å²) < 4.78 is 0. The summed E-state index contributed by atoms with van der Waals surface area (Å²) in [4.78, 5) is 27.3. The number of hydrogen-bond donors (Lipinski definition) is 4. The summed E-state index contributed by atoms with van der Waals surface area (Å²) in [6.07, 6.45) is 4.04. The zero-order chi connectivity index (χ0) is 16.1. The molecule has 0 fully saturated rings. The summed E-state index contributed by atoms with van der Waals surface area (Å²) >= 11 is 0. The molecule has 0 aliphatic carbocycles. The second kappa shape index (κ2) is 6.51. The summed E-state index contributed by atoms with van der Waals surface area (Å²) in [5.41, 5.74) is 2.80. The van der Waals surface area contributed by atoms with Gasteiger partial charge in [0, 0.05) is 11.8 Å². The topological polar surface area (TPSA) is 126 Å². The van der Waals surface area contributed by atoms with Gasteiger partial charge in [-0.15, -0.1) is 0 Å². The number of ketones is 1. The van der Waals surface area contributed by atoms with Crippen molar-refractivity contribution >= 4 is 17.8 Å². The zero-order valence-corrected chi connectivity index (χ0v) is 11.4. The molecule has 112 valence electrons. The molecule has 22 heavy (non-hydrogen) atoms. The van der Waals surface area contributed by atoms with Crippen molar-refractivity contribution in [2.45, 2.75) is 0 Å². The van der Waals surface area contributed by atoms with E-state index in [-0.39, 0.29) is 22.8 Å². The minimum Gasteiger partial charge on any atom is -0.504 e. The van der Waals surface area contributed by atoms with Crippen LogP contribution in [0, 0.1) is 0 Å². The molecular formula is C15H13N3O4. The van der Waals surface area contributed by atoms with Crippen molar-refractivity contribution in [3.63, 3.8) is 0 Å². The fourth-order valence-corrected chi connectivity index (χ4v) is 1.69. The van der Waals surface area contributed by atoms with Crippen LogP contribution >= 0.6 is 0 Å². The van der Waals surface area contributed by atoms with Crippen LogP contribution in [0.15, 0.2) is 42.6 Å². The van der Waals surface area contributed by atoms with E-state index in [2.05, 4.69) is 4.98 Å². The lowest BCUT2D eigenvalue weighted by Crippen LogP contribution is -2.30. The molecule has 1 aromatic heterocycles. The highest BCUT2D eigenvalue weighted by atomic mass is 16.3. The van der Waals surface area contributed by atoms with E-state index in [1.54, 1.807) is 0 Å². The number of phenols is 2. The minimum atomic E-state index is -0.524. The molecule has 7 heteroatoms. The first-order valence-electron chi connectivity index (χ1n) is 6.22. The third-order valence-corrected chi connectivity index (χ3v) is 2.83. The lowest BCUT2D eigenvalue weighted by molar-refractivity contribution is 0.0953. The Morgan fingerprint density at radius 1 is 1.14 bits per heavy atom. The van der Waals surface area contributed by atoms with Crippen LogP contribution in [0.5, 0.6) is 11.5 Å². The lowest BCUT2D eigenvalue weighted by atomic mass is 10.1. The third-order valence-electron chi connectivity index (χ3n) is 2.83. The van der Waals surface area contributed by atoms with Gasteiger partial charge in [0.05, 0.1) is 0 Å². The largest absolute Gasteiger partial charge is 0.504 e. The molecule has 0 bridgehead atoms. The average molecular weight is 299 g/mol. The molecule has 0 spiro atoms. The molecule has 0 aliphatic heterocycles. The van der Waals surface area contributed by atoms with Gasteiger partial charge >= 0.3 is 0 Å². The van der Waals surface area contributed by atoms with Gasteiger partial charge in [0.25, 0.3) is 5.91 Å². The van der Waals surface area contributed by atoms with Gasteiger partial charge in [-0.2, -0.15) is 0 Å². The van der Waals surface area contributed by atoms with Crippen LogP contribution in [0.4, 0.5) is 0 Å². The number of nitrogens with zero attached hydrogens (tertiary/aromatic N) is 1. The van der Waals surface area contributed by atoms with Gasteiger partial charge in [-0.25, -0.2) is 5.84 Å². The van der Waals surface area contributed by atoms with Crippen molar-refractivity contribution in [3.05, 3.63) is 59.4 Å². The maximum absolute atomic E-state index is 12.0. The first-order valence-corrected chi connectivity index (χ1v) is 6.22. The van der Waals surface area contributed by atoms with Crippen molar-refractivity contribution in [3.8, 4) is 11.5 Å². The van der Waals surface area contributed by atoms with Crippen molar-refractivity contribution in [1.29, 1.82) is 0 Å². The molecule has 1 amide bonds. The average Bonchev–Trinajstić information content (AvgIpc) is 2.55. The van der Waals surface area contributed by atoms with E-state index in [4.69, 9.17) is 5.84 Å². The Balaban J connectivity index is 2.19. The first kappa shape index (κ1) is 15.2. The molecule has 2 rings (SSSR count). The predicted molar refractivity (Wildman–Crippen MR) is 79.0 cm³/mol. The SMILES string of the molecule is NNC(=O)c1ccnc(C(=O)C=Cc2ccc(O)c(O)c2)c1. The van der Waals surface area contributed by atoms with E-state index in [1.165, 1.54) is 48.7 Å². The number of carbonyl (C=O) groups excluding carboxylic acids is 2. The molecule has 1 heterocycles. The number of allylic oxidation sites excluding steroid dienone is 1. The normalized spacial score (nSPS) is 10.6. The second-order valence-electron chi connectivity index (χ2n) is 4.35. The number of hydrogen-bond acceptors (Lipinski definition) is 6. The van der Waals surface area contributed by atoms with E-state index in [0.29, 0.717) is 5.56 Å². The quantitative estimate of drug-likeness (QED) is 0.167. The number of aromatic nitrogens is 1. The maximum atomic E-state index is 12.0. The molecular weight excluding hydrogens is 286 g/mol. The van der Waals surface area contributed by atoms with Crippen molar-refractivity contribution in [2.24, 2.45) is 5.84 Å². The number of phenolic OH excluding ortho intramolecular Hbond substituents is 2. The smallest absolute Gasteiger partial charge is 0.265 e. The van der Waals surface area contributed by atoms with Crippen LogP contribution in [-0.2, 0) is 0 Å². The highest BCUT2D eigenvalue weighted by Crippen LogP contribution is 2.25. The van der Waals surface area contributed by atoms with E-state index in [1.807, 2.05) is 5.43 Å². The fraction of sp³-hybridized carbons (Fsp3) is 0. The van der Waals surface area contributed by atoms with E-state index in [0.717, 1.165) is 0 Å². The molecule has 5 N–H and O–H groups in total. The zero-order valence-electron chi connectivity index (χ0n) is 11.4. The molecule has 2 aromatic rings. The Morgan fingerprint density at radius 3 is 2.59 bits per heavy atom. The highest BCUT2D eigenvalue weighted by Gasteiger charge is 2.09. The van der Waals surface area contributed by atoms with Gasteiger partial charge < -0.3 is 10.2 Å². The first-order chi connectivity index (χ1) is 10.5. The summed E-state index contributed by atoms with van der Waals surface area (Å²) in [5, 5.41) is 18.6. The molecule has 0 radical (unpaired) electrons. The van der Waals surface area contributed by atoms with Crippen molar-refractivity contribution in [1.82, 2.24) is 10.4 Å². The van der Waals surface area contributed by atoms with Crippen LogP contribution in [0.25, 0.3) is 6.08 Å². The monoisotopic (exact) mass is 299 g/mol. The fourth-order valence-electron chi connectivity index (χ4n) is 1.69. The van der Waals surface area contributed by atoms with Gasteiger partial charge in [0.2, 0.25) is 5.78 Å². The lowest BCUT2D eigenvalue weighted by Gasteiger charge is -2.01. The van der Waals surface area contributed by atoms with Gasteiger partial charge in [-0.3, -0.25) is 20.0 Å². The Morgan fingerprint density at radius 2 is 1.91 bits per heavy atom. The Kier molecular flexibility index (Phi) is 4.50. The molecule has 7 nitrogen and oxygen atoms in total. The van der Waals surface area contributed by atoms with Crippen molar-refractivity contribution in [2.75, 3.05) is 0 Å². The van der Waals surface area contributed by atoms with E-state index >= 15 is 0 Å².